The molecule has 1 atom stereocenters. The minimum absolute atomic E-state index is 0.0369. The quantitative estimate of drug-likeness (QED) is 0.897. The van der Waals surface area contributed by atoms with Crippen molar-refractivity contribution < 1.29 is 14.7 Å². The van der Waals surface area contributed by atoms with Gasteiger partial charge in [-0.2, -0.15) is 0 Å². The SMILES string of the molecule is Cc1ccccc1N(CCC(=O)O)C(=O)C1CCN(C)C1. The molecule has 1 fully saturated rings. The number of nitrogens with zero attached hydrogens (tertiary/aromatic N) is 2. The Morgan fingerprint density at radius 2 is 2.10 bits per heavy atom. The third-order valence-corrected chi connectivity index (χ3v) is 3.96. The van der Waals surface area contributed by atoms with Crippen molar-refractivity contribution in [1.29, 1.82) is 0 Å². The van der Waals surface area contributed by atoms with Crippen molar-refractivity contribution >= 4 is 17.6 Å². The van der Waals surface area contributed by atoms with Gasteiger partial charge in [0.05, 0.1) is 12.3 Å². The van der Waals surface area contributed by atoms with Crippen LogP contribution in [0.5, 0.6) is 0 Å². The van der Waals surface area contributed by atoms with Crippen LogP contribution in [0.3, 0.4) is 0 Å². The number of carbonyl (C=O) groups is 2. The van der Waals surface area contributed by atoms with E-state index >= 15 is 0 Å². The van der Waals surface area contributed by atoms with Crippen LogP contribution in [-0.4, -0.2) is 48.6 Å². The van der Waals surface area contributed by atoms with Gasteiger partial charge in [-0.1, -0.05) is 18.2 Å². The summed E-state index contributed by atoms with van der Waals surface area (Å²) in [5.41, 5.74) is 1.81. The van der Waals surface area contributed by atoms with Gasteiger partial charge in [0.25, 0.3) is 0 Å². The summed E-state index contributed by atoms with van der Waals surface area (Å²) < 4.78 is 0. The Hall–Kier alpha value is -1.88. The molecule has 2 rings (SSSR count). The van der Waals surface area contributed by atoms with Gasteiger partial charge < -0.3 is 14.9 Å². The number of amides is 1. The minimum Gasteiger partial charge on any atom is -0.481 e. The van der Waals surface area contributed by atoms with Crippen molar-refractivity contribution in [3.63, 3.8) is 0 Å². The number of hydrogen-bond donors (Lipinski definition) is 1. The first kappa shape index (κ1) is 15.5. The van der Waals surface area contributed by atoms with Gasteiger partial charge in [-0.25, -0.2) is 0 Å². The molecular weight excluding hydrogens is 268 g/mol. The molecule has 1 N–H and O–H groups in total. The topological polar surface area (TPSA) is 60.9 Å². The smallest absolute Gasteiger partial charge is 0.305 e. The molecule has 1 aliphatic heterocycles. The average molecular weight is 290 g/mol. The Morgan fingerprint density at radius 1 is 1.38 bits per heavy atom. The Kier molecular flexibility index (Phi) is 4.96. The van der Waals surface area contributed by atoms with Crippen molar-refractivity contribution in [3.05, 3.63) is 29.8 Å². The fraction of sp³-hybridized carbons (Fsp3) is 0.500. The second-order valence-corrected chi connectivity index (χ2v) is 5.67. The Bertz CT molecular complexity index is 530. The van der Waals surface area contributed by atoms with E-state index in [-0.39, 0.29) is 24.8 Å². The number of aryl methyl sites for hydroxylation is 1. The largest absolute Gasteiger partial charge is 0.481 e. The first-order valence-corrected chi connectivity index (χ1v) is 7.26. The van der Waals surface area contributed by atoms with Gasteiger partial charge in [0.2, 0.25) is 5.91 Å². The lowest BCUT2D eigenvalue weighted by atomic mass is 10.1. The predicted molar refractivity (Wildman–Crippen MR) is 81.4 cm³/mol. The summed E-state index contributed by atoms with van der Waals surface area (Å²) in [6.07, 6.45) is 0.799. The van der Waals surface area contributed by atoms with Crippen LogP contribution >= 0.6 is 0 Å². The van der Waals surface area contributed by atoms with Gasteiger partial charge in [0.1, 0.15) is 0 Å². The minimum atomic E-state index is -0.884. The molecule has 0 radical (unpaired) electrons. The van der Waals surface area contributed by atoms with Crippen molar-refractivity contribution in [3.8, 4) is 0 Å². The van der Waals surface area contributed by atoms with Crippen LogP contribution in [0.2, 0.25) is 0 Å². The number of carboxylic acid groups (broad SMARTS) is 1. The molecule has 21 heavy (non-hydrogen) atoms. The van der Waals surface area contributed by atoms with E-state index in [0.29, 0.717) is 0 Å². The fourth-order valence-corrected chi connectivity index (χ4v) is 2.78. The highest BCUT2D eigenvalue weighted by Gasteiger charge is 2.31. The number of rotatable bonds is 5. The van der Waals surface area contributed by atoms with Gasteiger partial charge in [-0.15, -0.1) is 0 Å². The number of benzene rings is 1. The standard InChI is InChI=1S/C16H22N2O3/c1-12-5-3-4-6-14(12)18(10-8-15(19)20)16(21)13-7-9-17(2)11-13/h3-6,13H,7-11H2,1-2H3,(H,19,20). The third kappa shape index (κ3) is 3.82. The van der Waals surface area contributed by atoms with E-state index in [4.69, 9.17) is 5.11 Å². The summed E-state index contributed by atoms with van der Waals surface area (Å²) in [5.74, 6) is -0.886. The lowest BCUT2D eigenvalue weighted by Crippen LogP contribution is -2.39. The molecule has 114 valence electrons. The molecule has 1 amide bonds. The molecule has 1 aromatic carbocycles. The van der Waals surface area contributed by atoms with Crippen LogP contribution in [0.25, 0.3) is 0 Å². The maximum Gasteiger partial charge on any atom is 0.305 e. The number of para-hydroxylation sites is 1. The fourth-order valence-electron chi connectivity index (χ4n) is 2.78. The molecule has 1 unspecified atom stereocenters. The highest BCUT2D eigenvalue weighted by atomic mass is 16.4. The molecule has 0 saturated carbocycles. The number of carboxylic acids is 1. The monoisotopic (exact) mass is 290 g/mol. The number of anilines is 1. The van der Waals surface area contributed by atoms with Crippen LogP contribution in [0, 0.1) is 12.8 Å². The molecule has 0 aliphatic carbocycles. The Labute approximate surface area is 125 Å². The summed E-state index contributed by atoms with van der Waals surface area (Å²) in [6, 6.07) is 7.62. The van der Waals surface area contributed by atoms with E-state index in [2.05, 4.69) is 4.90 Å². The van der Waals surface area contributed by atoms with Crippen molar-refractivity contribution in [1.82, 2.24) is 4.90 Å². The summed E-state index contributed by atoms with van der Waals surface area (Å²) in [4.78, 5) is 27.4. The lowest BCUT2D eigenvalue weighted by Gasteiger charge is -2.26. The van der Waals surface area contributed by atoms with Gasteiger partial charge in [0, 0.05) is 18.8 Å². The molecule has 1 saturated heterocycles. The van der Waals surface area contributed by atoms with Gasteiger partial charge in [0.15, 0.2) is 0 Å². The van der Waals surface area contributed by atoms with Crippen LogP contribution in [-0.2, 0) is 9.59 Å². The Morgan fingerprint density at radius 3 is 2.67 bits per heavy atom. The Balaban J connectivity index is 2.21. The maximum atomic E-state index is 12.8. The summed E-state index contributed by atoms with van der Waals surface area (Å²) in [7, 11) is 2.00. The second-order valence-electron chi connectivity index (χ2n) is 5.67. The molecule has 1 aliphatic rings. The molecule has 0 bridgehead atoms. The van der Waals surface area contributed by atoms with E-state index in [0.717, 1.165) is 30.8 Å². The van der Waals surface area contributed by atoms with Gasteiger partial charge in [-0.3, -0.25) is 9.59 Å². The number of carbonyl (C=O) groups excluding carboxylic acids is 1. The van der Waals surface area contributed by atoms with Gasteiger partial charge >= 0.3 is 5.97 Å². The number of hydrogen-bond acceptors (Lipinski definition) is 3. The molecular formula is C16H22N2O3. The van der Waals surface area contributed by atoms with E-state index in [1.165, 1.54) is 0 Å². The zero-order valence-corrected chi connectivity index (χ0v) is 12.6. The first-order chi connectivity index (χ1) is 9.99. The predicted octanol–water partition coefficient (Wildman–Crippen LogP) is 1.75. The summed E-state index contributed by atoms with van der Waals surface area (Å²) in [6.45, 7) is 3.82. The van der Waals surface area contributed by atoms with Crippen molar-refractivity contribution in [2.45, 2.75) is 19.8 Å². The normalized spacial score (nSPS) is 18.7. The molecule has 5 heteroatoms. The maximum absolute atomic E-state index is 12.8. The summed E-state index contributed by atoms with van der Waals surface area (Å²) in [5, 5.41) is 8.92. The van der Waals surface area contributed by atoms with E-state index in [1.807, 2.05) is 38.2 Å². The van der Waals surface area contributed by atoms with Crippen molar-refractivity contribution in [2.75, 3.05) is 31.6 Å². The van der Waals surface area contributed by atoms with E-state index < -0.39 is 5.97 Å². The molecule has 1 heterocycles. The van der Waals surface area contributed by atoms with E-state index in [1.54, 1.807) is 4.90 Å². The molecule has 0 spiro atoms. The zero-order chi connectivity index (χ0) is 15.4. The molecule has 1 aromatic rings. The van der Waals surface area contributed by atoms with E-state index in [9.17, 15) is 9.59 Å². The van der Waals surface area contributed by atoms with Gasteiger partial charge in [-0.05, 0) is 38.6 Å². The molecule has 5 nitrogen and oxygen atoms in total. The van der Waals surface area contributed by atoms with Crippen LogP contribution in [0.15, 0.2) is 24.3 Å². The highest BCUT2D eigenvalue weighted by Crippen LogP contribution is 2.25. The van der Waals surface area contributed by atoms with Crippen LogP contribution in [0.4, 0.5) is 5.69 Å². The second kappa shape index (κ2) is 6.72. The third-order valence-electron chi connectivity index (χ3n) is 3.96. The molecule has 0 aromatic heterocycles. The highest BCUT2D eigenvalue weighted by molar-refractivity contribution is 5.96. The average Bonchev–Trinajstić information content (AvgIpc) is 2.87. The van der Waals surface area contributed by atoms with Crippen LogP contribution in [0.1, 0.15) is 18.4 Å². The summed E-state index contributed by atoms with van der Waals surface area (Å²) >= 11 is 0. The zero-order valence-electron chi connectivity index (χ0n) is 12.6. The van der Waals surface area contributed by atoms with Crippen LogP contribution < -0.4 is 4.90 Å². The first-order valence-electron chi connectivity index (χ1n) is 7.26. The number of aliphatic carboxylic acids is 1. The lowest BCUT2D eigenvalue weighted by molar-refractivity contribution is -0.136. The van der Waals surface area contributed by atoms with Crippen molar-refractivity contribution in [2.24, 2.45) is 5.92 Å². The number of likely N-dealkylation sites (tertiary alicyclic amines) is 1.